The van der Waals surface area contributed by atoms with Crippen LogP contribution in [0.5, 0.6) is 0 Å². The zero-order chi connectivity index (χ0) is 16.4. The fourth-order valence-corrected chi connectivity index (χ4v) is 2.99. The molecule has 2 N–H and O–H groups in total. The van der Waals surface area contributed by atoms with Gasteiger partial charge in [-0.05, 0) is 29.8 Å². The molecular formula is C16H11FN4OS. The van der Waals surface area contributed by atoms with E-state index in [1.54, 1.807) is 18.2 Å². The van der Waals surface area contributed by atoms with E-state index >= 15 is 0 Å². The van der Waals surface area contributed by atoms with Crippen molar-refractivity contribution in [1.29, 1.82) is 5.26 Å². The molecule has 0 fully saturated rings. The van der Waals surface area contributed by atoms with Crippen LogP contribution in [0.25, 0.3) is 10.9 Å². The Morgan fingerprint density at radius 1 is 1.30 bits per heavy atom. The van der Waals surface area contributed by atoms with E-state index in [1.165, 1.54) is 30.0 Å². The number of thioether (sulfide) groups is 1. The van der Waals surface area contributed by atoms with E-state index < -0.39 is 11.4 Å². The first-order valence-corrected chi connectivity index (χ1v) is 7.66. The Bertz CT molecular complexity index is 994. The molecule has 0 atom stereocenters. The van der Waals surface area contributed by atoms with Crippen LogP contribution in [0, 0.1) is 17.1 Å². The van der Waals surface area contributed by atoms with Crippen LogP contribution in [0.15, 0.2) is 52.4 Å². The first-order valence-electron chi connectivity index (χ1n) is 6.68. The van der Waals surface area contributed by atoms with Gasteiger partial charge in [0.2, 0.25) is 0 Å². The summed E-state index contributed by atoms with van der Waals surface area (Å²) >= 11 is 1.25. The van der Waals surface area contributed by atoms with E-state index in [4.69, 9.17) is 11.1 Å². The van der Waals surface area contributed by atoms with Gasteiger partial charge in [-0.2, -0.15) is 5.26 Å². The number of halogens is 1. The smallest absolute Gasteiger partial charge is 0.280 e. The van der Waals surface area contributed by atoms with Crippen molar-refractivity contribution in [3.05, 3.63) is 69.8 Å². The first-order chi connectivity index (χ1) is 11.1. The van der Waals surface area contributed by atoms with E-state index in [1.807, 2.05) is 6.07 Å². The minimum atomic E-state index is -0.461. The van der Waals surface area contributed by atoms with Crippen molar-refractivity contribution in [3.8, 4) is 6.07 Å². The van der Waals surface area contributed by atoms with Crippen LogP contribution < -0.4 is 11.4 Å². The van der Waals surface area contributed by atoms with E-state index in [9.17, 15) is 9.18 Å². The number of aromatic nitrogens is 2. The predicted octanol–water partition coefficient (Wildman–Crippen LogP) is 2.41. The van der Waals surface area contributed by atoms with Crippen LogP contribution in [0.4, 0.5) is 4.39 Å². The summed E-state index contributed by atoms with van der Waals surface area (Å²) in [4.78, 5) is 16.4. The molecule has 1 aromatic heterocycles. The predicted molar refractivity (Wildman–Crippen MR) is 86.8 cm³/mol. The van der Waals surface area contributed by atoms with Gasteiger partial charge in [0.1, 0.15) is 5.82 Å². The topological polar surface area (TPSA) is 84.7 Å². The average Bonchev–Trinajstić information content (AvgIpc) is 2.57. The Kier molecular flexibility index (Phi) is 4.00. The van der Waals surface area contributed by atoms with E-state index in [0.29, 0.717) is 11.3 Å². The number of fused-ring (bicyclic) bond motifs is 1. The quantitative estimate of drug-likeness (QED) is 0.454. The van der Waals surface area contributed by atoms with Crippen molar-refractivity contribution in [2.75, 3.05) is 5.84 Å². The van der Waals surface area contributed by atoms with Gasteiger partial charge in [-0.25, -0.2) is 14.1 Å². The van der Waals surface area contributed by atoms with Gasteiger partial charge >= 0.3 is 0 Å². The van der Waals surface area contributed by atoms with Gasteiger partial charge in [0.25, 0.3) is 5.56 Å². The Morgan fingerprint density at radius 3 is 2.91 bits per heavy atom. The van der Waals surface area contributed by atoms with Crippen LogP contribution in [0.2, 0.25) is 0 Å². The fourth-order valence-electron chi connectivity index (χ4n) is 2.13. The molecule has 114 valence electrons. The third kappa shape index (κ3) is 3.03. The lowest BCUT2D eigenvalue weighted by molar-refractivity contribution is 0.628. The maximum Gasteiger partial charge on any atom is 0.280 e. The number of nitrogen functional groups attached to an aromatic ring is 1. The lowest BCUT2D eigenvalue weighted by atomic mass is 10.2. The van der Waals surface area contributed by atoms with Crippen molar-refractivity contribution in [3.63, 3.8) is 0 Å². The molecule has 3 rings (SSSR count). The van der Waals surface area contributed by atoms with Gasteiger partial charge in [-0.3, -0.25) is 4.79 Å². The third-order valence-electron chi connectivity index (χ3n) is 3.26. The summed E-state index contributed by atoms with van der Waals surface area (Å²) < 4.78 is 14.3. The van der Waals surface area contributed by atoms with Gasteiger partial charge in [-0.15, -0.1) is 0 Å². The van der Waals surface area contributed by atoms with Gasteiger partial charge in [0.05, 0.1) is 22.5 Å². The Hall–Kier alpha value is -2.85. The Morgan fingerprint density at radius 2 is 2.13 bits per heavy atom. The molecule has 0 bridgehead atoms. The number of rotatable bonds is 3. The lowest BCUT2D eigenvalue weighted by Crippen LogP contribution is -2.29. The second-order valence-electron chi connectivity index (χ2n) is 4.83. The van der Waals surface area contributed by atoms with E-state index in [0.717, 1.165) is 10.2 Å². The van der Waals surface area contributed by atoms with Gasteiger partial charge < -0.3 is 5.84 Å². The first kappa shape index (κ1) is 15.1. The Labute approximate surface area is 135 Å². The normalized spacial score (nSPS) is 10.6. The van der Waals surface area contributed by atoms with E-state index in [-0.39, 0.29) is 16.1 Å². The second-order valence-corrected chi connectivity index (χ2v) is 5.77. The van der Waals surface area contributed by atoms with Crippen LogP contribution >= 0.6 is 11.8 Å². The van der Waals surface area contributed by atoms with Crippen molar-refractivity contribution in [2.24, 2.45) is 0 Å². The molecule has 5 nitrogen and oxygen atoms in total. The molecule has 0 spiro atoms. The number of hydrogen-bond acceptors (Lipinski definition) is 5. The maximum atomic E-state index is 13.3. The number of nitriles is 1. The molecule has 0 saturated carbocycles. The zero-order valence-corrected chi connectivity index (χ0v) is 12.7. The van der Waals surface area contributed by atoms with Crippen LogP contribution in [-0.4, -0.2) is 9.66 Å². The Balaban J connectivity index is 1.95. The highest BCUT2D eigenvalue weighted by molar-refractivity contribution is 7.98. The lowest BCUT2D eigenvalue weighted by Gasteiger charge is -2.08. The molecule has 0 unspecified atom stereocenters. The third-order valence-corrected chi connectivity index (χ3v) is 4.28. The number of hydrogen-bond donors (Lipinski definition) is 1. The minimum absolute atomic E-state index is 0.268. The minimum Gasteiger partial charge on any atom is -0.334 e. The molecule has 0 aliphatic rings. The van der Waals surface area contributed by atoms with Gasteiger partial charge in [0, 0.05) is 11.8 Å². The van der Waals surface area contributed by atoms with E-state index in [2.05, 4.69) is 11.1 Å². The average molecular weight is 326 g/mol. The summed E-state index contributed by atoms with van der Waals surface area (Å²) in [6, 6.07) is 13.0. The SMILES string of the molecule is N#Cc1cccc(CSc2nc3cc(F)ccc3c(=O)n2N)c1. The van der Waals surface area contributed by atoms with Crippen molar-refractivity contribution < 1.29 is 4.39 Å². The van der Waals surface area contributed by atoms with Crippen LogP contribution in [0.3, 0.4) is 0 Å². The number of benzene rings is 2. The molecule has 2 aromatic carbocycles. The molecule has 0 aliphatic heterocycles. The summed E-state index contributed by atoms with van der Waals surface area (Å²) in [5.74, 6) is 5.81. The van der Waals surface area contributed by atoms with Gasteiger partial charge in [-0.1, -0.05) is 23.9 Å². The standard InChI is InChI=1S/C16H11FN4OS/c17-12-4-5-13-14(7-12)20-16(21(19)15(13)22)23-9-11-3-1-2-10(6-11)8-18/h1-7H,9,19H2. The van der Waals surface area contributed by atoms with Crippen LogP contribution in [0.1, 0.15) is 11.1 Å². The molecule has 0 radical (unpaired) electrons. The van der Waals surface area contributed by atoms with Crippen molar-refractivity contribution >= 4 is 22.7 Å². The summed E-state index contributed by atoms with van der Waals surface area (Å²) in [6.45, 7) is 0. The second kappa shape index (κ2) is 6.10. The zero-order valence-electron chi connectivity index (χ0n) is 11.9. The molecule has 0 amide bonds. The number of nitrogens with two attached hydrogens (primary N) is 1. The highest BCUT2D eigenvalue weighted by Gasteiger charge is 2.10. The monoisotopic (exact) mass is 326 g/mol. The highest BCUT2D eigenvalue weighted by atomic mass is 32.2. The molecule has 23 heavy (non-hydrogen) atoms. The summed E-state index contributed by atoms with van der Waals surface area (Å²) in [7, 11) is 0. The molecule has 0 saturated heterocycles. The highest BCUT2D eigenvalue weighted by Crippen LogP contribution is 2.21. The summed E-state index contributed by atoms with van der Waals surface area (Å²) in [6.07, 6.45) is 0. The fraction of sp³-hybridized carbons (Fsp3) is 0.0625. The van der Waals surface area contributed by atoms with Crippen molar-refractivity contribution in [2.45, 2.75) is 10.9 Å². The number of nitrogens with zero attached hydrogens (tertiary/aromatic N) is 3. The summed E-state index contributed by atoms with van der Waals surface area (Å²) in [5.41, 5.74) is 1.30. The molecule has 0 aliphatic carbocycles. The largest absolute Gasteiger partial charge is 0.334 e. The van der Waals surface area contributed by atoms with Gasteiger partial charge in [0.15, 0.2) is 5.16 Å². The van der Waals surface area contributed by atoms with Crippen molar-refractivity contribution in [1.82, 2.24) is 9.66 Å². The van der Waals surface area contributed by atoms with Crippen LogP contribution in [-0.2, 0) is 5.75 Å². The summed E-state index contributed by atoms with van der Waals surface area (Å²) in [5, 5.41) is 9.46. The molecule has 1 heterocycles. The molecule has 3 aromatic rings. The molecule has 7 heteroatoms. The molecular weight excluding hydrogens is 315 g/mol. The maximum absolute atomic E-state index is 13.3.